The second-order valence-corrected chi connectivity index (χ2v) is 4.58. The zero-order valence-corrected chi connectivity index (χ0v) is 9.64. The first-order valence-electron chi connectivity index (χ1n) is 5.16. The van der Waals surface area contributed by atoms with Crippen LogP contribution in [0, 0.1) is 5.41 Å². The molecule has 1 unspecified atom stereocenters. The molecule has 84 valence electrons. The van der Waals surface area contributed by atoms with Gasteiger partial charge >= 0.3 is 0 Å². The van der Waals surface area contributed by atoms with E-state index in [0.29, 0.717) is 6.54 Å². The van der Waals surface area contributed by atoms with Crippen molar-refractivity contribution in [3.05, 3.63) is 35.9 Å². The summed E-state index contributed by atoms with van der Waals surface area (Å²) in [7, 11) is 1.66. The lowest BCUT2D eigenvalue weighted by Crippen LogP contribution is -2.39. The van der Waals surface area contributed by atoms with Crippen LogP contribution in [0.2, 0.25) is 0 Å². The first-order chi connectivity index (χ1) is 6.99. The van der Waals surface area contributed by atoms with E-state index in [2.05, 4.69) is 13.8 Å². The highest BCUT2D eigenvalue weighted by Gasteiger charge is 2.32. The molecule has 15 heavy (non-hydrogen) atoms. The summed E-state index contributed by atoms with van der Waals surface area (Å²) in [5.41, 5.74) is 6.66. The van der Waals surface area contributed by atoms with Gasteiger partial charge < -0.3 is 10.9 Å². The fourth-order valence-corrected chi connectivity index (χ4v) is 1.92. The van der Waals surface area contributed by atoms with Crippen molar-refractivity contribution in [3.8, 4) is 0 Å². The summed E-state index contributed by atoms with van der Waals surface area (Å²) in [6.07, 6.45) is 0. The summed E-state index contributed by atoms with van der Waals surface area (Å²) in [4.78, 5) is 0. The fraction of sp³-hybridized carbons (Fsp3) is 0.500. The Morgan fingerprint density at radius 3 is 2.27 bits per heavy atom. The maximum atomic E-state index is 9.71. The fourth-order valence-electron chi connectivity index (χ4n) is 1.92. The third-order valence-corrected chi connectivity index (χ3v) is 2.76. The molecule has 0 saturated heterocycles. The second kappa shape index (κ2) is 4.75. The molecule has 0 fully saturated rings. The van der Waals surface area contributed by atoms with Gasteiger partial charge in [-0.1, -0.05) is 44.2 Å². The van der Waals surface area contributed by atoms with Crippen molar-refractivity contribution in [1.29, 1.82) is 0 Å². The predicted octanol–water partition coefficient (Wildman–Crippen LogP) is 2.03. The molecule has 1 atom stereocenters. The lowest BCUT2D eigenvalue weighted by atomic mass is 9.80. The summed E-state index contributed by atoms with van der Waals surface area (Å²) < 4.78 is 0. The van der Waals surface area contributed by atoms with E-state index >= 15 is 0 Å². The summed E-state index contributed by atoms with van der Waals surface area (Å²) in [6.45, 7) is 4.63. The molecular formula is C12H20N2O. The standard InChI is InChI=1S/C12H20N2O/c1-12(2,9-13)11(14(3)15)10-7-5-4-6-8-10/h4-8,11,15H,9,13H2,1-3H3. The predicted molar refractivity (Wildman–Crippen MR) is 61.6 cm³/mol. The monoisotopic (exact) mass is 208 g/mol. The van der Waals surface area contributed by atoms with E-state index in [1.807, 2.05) is 30.3 Å². The number of benzene rings is 1. The Labute approximate surface area is 91.5 Å². The van der Waals surface area contributed by atoms with Crippen LogP contribution in [-0.4, -0.2) is 23.9 Å². The third kappa shape index (κ3) is 2.78. The van der Waals surface area contributed by atoms with E-state index in [-0.39, 0.29) is 11.5 Å². The Kier molecular flexibility index (Phi) is 3.85. The van der Waals surface area contributed by atoms with Crippen molar-refractivity contribution in [2.24, 2.45) is 11.1 Å². The second-order valence-electron chi connectivity index (χ2n) is 4.58. The molecule has 1 aromatic carbocycles. The average Bonchev–Trinajstić information content (AvgIpc) is 2.18. The van der Waals surface area contributed by atoms with Gasteiger partial charge in [0.1, 0.15) is 0 Å². The zero-order valence-electron chi connectivity index (χ0n) is 9.64. The number of hydrogen-bond donors (Lipinski definition) is 2. The van der Waals surface area contributed by atoms with E-state index in [1.165, 1.54) is 5.06 Å². The SMILES string of the molecule is CN(O)C(c1ccccc1)C(C)(C)CN. The maximum absolute atomic E-state index is 9.71. The molecule has 0 bridgehead atoms. The largest absolute Gasteiger partial charge is 0.330 e. The molecule has 1 aromatic rings. The van der Waals surface area contributed by atoms with Crippen LogP contribution in [0.4, 0.5) is 0 Å². The molecule has 3 heteroatoms. The maximum Gasteiger partial charge on any atom is 0.0659 e. The third-order valence-electron chi connectivity index (χ3n) is 2.76. The van der Waals surface area contributed by atoms with Crippen molar-refractivity contribution in [3.63, 3.8) is 0 Å². The molecule has 0 aliphatic rings. The summed E-state index contributed by atoms with van der Waals surface area (Å²) in [5, 5.41) is 10.9. The van der Waals surface area contributed by atoms with E-state index in [0.717, 1.165) is 5.56 Å². The van der Waals surface area contributed by atoms with Crippen LogP contribution in [0.5, 0.6) is 0 Å². The molecule has 0 aliphatic heterocycles. The van der Waals surface area contributed by atoms with Crippen LogP contribution >= 0.6 is 0 Å². The summed E-state index contributed by atoms with van der Waals surface area (Å²) >= 11 is 0. The molecule has 0 spiro atoms. The van der Waals surface area contributed by atoms with Gasteiger partial charge in [-0.2, -0.15) is 5.06 Å². The molecule has 0 amide bonds. The van der Waals surface area contributed by atoms with Gasteiger partial charge in [-0.05, 0) is 17.5 Å². The number of nitrogens with zero attached hydrogens (tertiary/aromatic N) is 1. The Morgan fingerprint density at radius 1 is 1.33 bits per heavy atom. The molecule has 0 aliphatic carbocycles. The van der Waals surface area contributed by atoms with Gasteiger partial charge in [-0.3, -0.25) is 0 Å². The highest BCUT2D eigenvalue weighted by Crippen LogP contribution is 2.35. The van der Waals surface area contributed by atoms with Gasteiger partial charge in [0.05, 0.1) is 6.04 Å². The first kappa shape index (κ1) is 12.2. The molecule has 1 rings (SSSR count). The number of hydrogen-bond acceptors (Lipinski definition) is 3. The smallest absolute Gasteiger partial charge is 0.0659 e. The molecule has 0 radical (unpaired) electrons. The lowest BCUT2D eigenvalue weighted by molar-refractivity contribution is -0.136. The first-order valence-corrected chi connectivity index (χ1v) is 5.16. The number of nitrogens with two attached hydrogens (primary N) is 1. The Hall–Kier alpha value is -0.900. The highest BCUT2D eigenvalue weighted by molar-refractivity contribution is 5.20. The van der Waals surface area contributed by atoms with Crippen molar-refractivity contribution in [2.45, 2.75) is 19.9 Å². The molecule has 0 aromatic heterocycles. The van der Waals surface area contributed by atoms with Crippen LogP contribution in [0.25, 0.3) is 0 Å². The van der Waals surface area contributed by atoms with Crippen molar-refractivity contribution in [2.75, 3.05) is 13.6 Å². The Balaban J connectivity index is 3.04. The lowest BCUT2D eigenvalue weighted by Gasteiger charge is -2.36. The Morgan fingerprint density at radius 2 is 1.87 bits per heavy atom. The van der Waals surface area contributed by atoms with Gasteiger partial charge in [0, 0.05) is 7.05 Å². The van der Waals surface area contributed by atoms with Crippen molar-refractivity contribution >= 4 is 0 Å². The van der Waals surface area contributed by atoms with Gasteiger partial charge in [0.15, 0.2) is 0 Å². The summed E-state index contributed by atoms with van der Waals surface area (Å²) in [6, 6.07) is 9.84. The highest BCUT2D eigenvalue weighted by atomic mass is 16.5. The molecule has 3 nitrogen and oxygen atoms in total. The van der Waals surface area contributed by atoms with Crippen LogP contribution in [0.15, 0.2) is 30.3 Å². The van der Waals surface area contributed by atoms with Gasteiger partial charge in [0.2, 0.25) is 0 Å². The van der Waals surface area contributed by atoms with Crippen molar-refractivity contribution < 1.29 is 5.21 Å². The van der Waals surface area contributed by atoms with E-state index in [1.54, 1.807) is 7.05 Å². The number of hydroxylamine groups is 2. The van der Waals surface area contributed by atoms with Crippen LogP contribution in [-0.2, 0) is 0 Å². The minimum absolute atomic E-state index is 0.0799. The molecule has 0 heterocycles. The quantitative estimate of drug-likeness (QED) is 0.744. The van der Waals surface area contributed by atoms with E-state index < -0.39 is 0 Å². The van der Waals surface area contributed by atoms with Gasteiger partial charge in [0.25, 0.3) is 0 Å². The zero-order chi connectivity index (χ0) is 11.5. The van der Waals surface area contributed by atoms with E-state index in [9.17, 15) is 5.21 Å². The summed E-state index contributed by atoms with van der Waals surface area (Å²) in [5.74, 6) is 0. The number of rotatable bonds is 4. The minimum atomic E-state index is -0.162. The van der Waals surface area contributed by atoms with Crippen LogP contribution in [0.1, 0.15) is 25.5 Å². The van der Waals surface area contributed by atoms with Gasteiger partial charge in [-0.25, -0.2) is 0 Å². The minimum Gasteiger partial charge on any atom is -0.330 e. The Bertz CT molecular complexity index is 296. The molecule has 0 saturated carbocycles. The average molecular weight is 208 g/mol. The van der Waals surface area contributed by atoms with E-state index in [4.69, 9.17) is 5.73 Å². The van der Waals surface area contributed by atoms with Gasteiger partial charge in [-0.15, -0.1) is 0 Å². The normalized spacial score (nSPS) is 14.3. The topological polar surface area (TPSA) is 49.5 Å². The van der Waals surface area contributed by atoms with Crippen LogP contribution in [0.3, 0.4) is 0 Å². The van der Waals surface area contributed by atoms with Crippen molar-refractivity contribution in [1.82, 2.24) is 5.06 Å². The molecular weight excluding hydrogens is 188 g/mol. The molecule has 3 N–H and O–H groups in total. The van der Waals surface area contributed by atoms with Crippen LogP contribution < -0.4 is 5.73 Å².